The van der Waals surface area contributed by atoms with Gasteiger partial charge in [-0.05, 0) is 37.1 Å². The van der Waals surface area contributed by atoms with E-state index in [9.17, 15) is 9.59 Å². The third-order valence-electron chi connectivity index (χ3n) is 6.98. The van der Waals surface area contributed by atoms with Crippen molar-refractivity contribution in [2.24, 2.45) is 11.8 Å². The van der Waals surface area contributed by atoms with E-state index in [1.165, 1.54) is 0 Å². The average molecular weight is 348 g/mol. The van der Waals surface area contributed by atoms with E-state index in [0.29, 0.717) is 11.5 Å². The van der Waals surface area contributed by atoms with Crippen LogP contribution in [0.5, 0.6) is 11.5 Å². The Morgan fingerprint density at radius 1 is 0.731 bits per heavy atom. The molecule has 4 nitrogen and oxygen atoms in total. The van der Waals surface area contributed by atoms with Gasteiger partial charge in [-0.1, -0.05) is 38.1 Å². The van der Waals surface area contributed by atoms with Crippen molar-refractivity contribution in [3.63, 3.8) is 0 Å². The van der Waals surface area contributed by atoms with E-state index in [2.05, 4.69) is 13.8 Å². The minimum absolute atomic E-state index is 0.333. The van der Waals surface area contributed by atoms with Crippen molar-refractivity contribution < 1.29 is 19.1 Å². The number of carbonyl (C=O) groups is 2. The van der Waals surface area contributed by atoms with Crippen LogP contribution < -0.4 is 9.47 Å². The van der Waals surface area contributed by atoms with Crippen LogP contribution in [0.3, 0.4) is 0 Å². The maximum atomic E-state index is 12.8. The molecule has 26 heavy (non-hydrogen) atoms. The van der Waals surface area contributed by atoms with Gasteiger partial charge in [0.05, 0.1) is 11.8 Å². The van der Waals surface area contributed by atoms with Crippen LogP contribution >= 0.6 is 0 Å². The van der Waals surface area contributed by atoms with E-state index >= 15 is 0 Å². The van der Waals surface area contributed by atoms with Crippen LogP contribution in [0.15, 0.2) is 36.4 Å². The van der Waals surface area contributed by atoms with Crippen LogP contribution in [0.1, 0.15) is 36.1 Å². The molecule has 1 aliphatic carbocycles. The van der Waals surface area contributed by atoms with Crippen LogP contribution in [0.4, 0.5) is 0 Å². The average Bonchev–Trinajstić information content (AvgIpc) is 2.56. The molecular formula is C22H20O4. The van der Waals surface area contributed by atoms with Crippen molar-refractivity contribution >= 4 is 11.9 Å². The Bertz CT molecular complexity index is 926. The van der Waals surface area contributed by atoms with Crippen molar-refractivity contribution in [1.82, 2.24) is 0 Å². The lowest BCUT2D eigenvalue weighted by molar-refractivity contribution is -0.186. The first kappa shape index (κ1) is 15.6. The molecule has 0 aromatic heterocycles. The monoisotopic (exact) mass is 348 g/mol. The maximum absolute atomic E-state index is 12.8. The molecule has 2 heterocycles. The molecule has 0 amide bonds. The highest BCUT2D eigenvalue weighted by molar-refractivity contribution is 5.95. The lowest BCUT2D eigenvalue weighted by Gasteiger charge is -2.67. The van der Waals surface area contributed by atoms with Crippen molar-refractivity contribution in [2.45, 2.75) is 38.5 Å². The number of rotatable bonds is 0. The SMILES string of the molecule is Cc1ccc2c(c1)OC(=O)[C@H]1[C@H]3C(=O)Oc4cc(C)ccc4[C@@]3(C)[C@@]21C. The van der Waals surface area contributed by atoms with Gasteiger partial charge in [0.15, 0.2) is 0 Å². The van der Waals surface area contributed by atoms with Gasteiger partial charge in [-0.25, -0.2) is 0 Å². The Balaban J connectivity index is 1.81. The summed E-state index contributed by atoms with van der Waals surface area (Å²) in [4.78, 5) is 25.6. The number of esters is 2. The number of hydrogen-bond acceptors (Lipinski definition) is 4. The fourth-order valence-electron chi connectivity index (χ4n) is 5.48. The maximum Gasteiger partial charge on any atom is 0.316 e. The molecule has 0 spiro atoms. The number of benzene rings is 2. The summed E-state index contributed by atoms with van der Waals surface area (Å²) in [5, 5.41) is 0. The molecule has 132 valence electrons. The topological polar surface area (TPSA) is 52.6 Å². The molecule has 0 unspecified atom stereocenters. The van der Waals surface area contributed by atoms with Gasteiger partial charge >= 0.3 is 11.9 Å². The van der Waals surface area contributed by atoms with Crippen LogP contribution in [0.25, 0.3) is 0 Å². The molecule has 4 atom stereocenters. The van der Waals surface area contributed by atoms with Gasteiger partial charge in [-0.15, -0.1) is 0 Å². The lowest BCUT2D eigenvalue weighted by atomic mass is 9.34. The van der Waals surface area contributed by atoms with Gasteiger partial charge in [0.2, 0.25) is 0 Å². The molecule has 1 saturated carbocycles. The lowest BCUT2D eigenvalue weighted by Crippen LogP contribution is -2.75. The second-order valence-corrected chi connectivity index (χ2v) is 8.20. The van der Waals surface area contributed by atoms with Gasteiger partial charge in [0.25, 0.3) is 0 Å². The largest absolute Gasteiger partial charge is 0.426 e. The van der Waals surface area contributed by atoms with Crippen molar-refractivity contribution in [3.8, 4) is 11.5 Å². The van der Waals surface area contributed by atoms with Gasteiger partial charge in [0, 0.05) is 22.0 Å². The standard InChI is InChI=1S/C22H20O4/c1-11-5-7-13-15(9-11)25-19(23)17-18-20(24)26-16-10-12(2)6-8-14(16)22(18,4)21(13,17)3/h5-10,17-18H,1-4H3/t17-,18+,21+,22-. The predicted molar refractivity (Wildman–Crippen MR) is 95.3 cm³/mol. The summed E-state index contributed by atoms with van der Waals surface area (Å²) in [6.45, 7) is 8.13. The summed E-state index contributed by atoms with van der Waals surface area (Å²) in [6.07, 6.45) is 0. The van der Waals surface area contributed by atoms with Gasteiger partial charge < -0.3 is 9.47 Å². The molecule has 0 N–H and O–H groups in total. The number of aryl methyl sites for hydroxylation is 2. The molecule has 2 aliphatic heterocycles. The Labute approximate surface area is 152 Å². The minimum Gasteiger partial charge on any atom is -0.426 e. The van der Waals surface area contributed by atoms with Crippen molar-refractivity contribution in [1.29, 1.82) is 0 Å². The highest BCUT2D eigenvalue weighted by Gasteiger charge is 2.77. The summed E-state index contributed by atoms with van der Waals surface area (Å²) in [6, 6.07) is 12.0. The zero-order valence-corrected chi connectivity index (χ0v) is 15.3. The number of fused-ring (bicyclic) bond motifs is 8. The van der Waals surface area contributed by atoms with E-state index < -0.39 is 22.7 Å². The summed E-state index contributed by atoms with van der Waals surface area (Å²) < 4.78 is 11.2. The van der Waals surface area contributed by atoms with Crippen LogP contribution in [0, 0.1) is 25.7 Å². The zero-order valence-electron chi connectivity index (χ0n) is 15.3. The molecule has 0 saturated heterocycles. The molecule has 2 aromatic carbocycles. The summed E-state index contributed by atoms with van der Waals surface area (Å²) in [5.41, 5.74) is 3.04. The second kappa shape index (κ2) is 4.56. The summed E-state index contributed by atoms with van der Waals surface area (Å²) in [5.74, 6) is -0.488. The number of hydrogen-bond donors (Lipinski definition) is 0. The Kier molecular flexibility index (Phi) is 2.74. The first-order valence-corrected chi connectivity index (χ1v) is 8.94. The third-order valence-corrected chi connectivity index (χ3v) is 6.98. The normalized spacial score (nSPS) is 33.7. The Morgan fingerprint density at radius 2 is 1.12 bits per heavy atom. The molecule has 2 aromatic rings. The van der Waals surface area contributed by atoms with Crippen molar-refractivity contribution in [3.05, 3.63) is 58.7 Å². The summed E-state index contributed by atoms with van der Waals surface area (Å²) >= 11 is 0. The highest BCUT2D eigenvalue weighted by Crippen LogP contribution is 2.71. The van der Waals surface area contributed by atoms with Gasteiger partial charge in [-0.3, -0.25) is 9.59 Å². The number of ether oxygens (including phenoxy) is 2. The van der Waals surface area contributed by atoms with E-state index in [4.69, 9.17) is 9.47 Å². The molecular weight excluding hydrogens is 328 g/mol. The number of carbonyl (C=O) groups excluding carboxylic acids is 2. The van der Waals surface area contributed by atoms with E-state index in [0.717, 1.165) is 22.3 Å². The minimum atomic E-state index is -0.523. The summed E-state index contributed by atoms with van der Waals surface area (Å²) in [7, 11) is 0. The molecule has 1 fully saturated rings. The Hall–Kier alpha value is -2.62. The van der Waals surface area contributed by atoms with Crippen LogP contribution in [-0.2, 0) is 20.4 Å². The Morgan fingerprint density at radius 3 is 1.50 bits per heavy atom. The smallest absolute Gasteiger partial charge is 0.316 e. The van der Waals surface area contributed by atoms with Crippen LogP contribution in [0.2, 0.25) is 0 Å². The molecule has 0 radical (unpaired) electrons. The van der Waals surface area contributed by atoms with Crippen LogP contribution in [-0.4, -0.2) is 11.9 Å². The third kappa shape index (κ3) is 1.52. The fourth-order valence-corrected chi connectivity index (χ4v) is 5.48. The molecule has 5 rings (SSSR count). The zero-order chi connectivity index (χ0) is 18.4. The fraction of sp³-hybridized carbons (Fsp3) is 0.364. The first-order chi connectivity index (χ1) is 12.3. The molecule has 4 heteroatoms. The molecule has 3 aliphatic rings. The second-order valence-electron chi connectivity index (χ2n) is 8.20. The van der Waals surface area contributed by atoms with E-state index in [1.54, 1.807) is 0 Å². The first-order valence-electron chi connectivity index (χ1n) is 8.94. The molecule has 0 bridgehead atoms. The highest BCUT2D eigenvalue weighted by atomic mass is 16.5. The van der Waals surface area contributed by atoms with Gasteiger partial charge in [-0.2, -0.15) is 0 Å². The van der Waals surface area contributed by atoms with Gasteiger partial charge in [0.1, 0.15) is 11.5 Å². The van der Waals surface area contributed by atoms with E-state index in [1.807, 2.05) is 50.2 Å². The van der Waals surface area contributed by atoms with E-state index in [-0.39, 0.29) is 11.9 Å². The van der Waals surface area contributed by atoms with Crippen molar-refractivity contribution in [2.75, 3.05) is 0 Å². The predicted octanol–water partition coefficient (Wildman–Crippen LogP) is 3.60. The quantitative estimate of drug-likeness (QED) is 0.539.